The molecule has 2 fully saturated rings. The van der Waals surface area contributed by atoms with Gasteiger partial charge in [0.15, 0.2) is 0 Å². The van der Waals surface area contributed by atoms with Crippen LogP contribution in [0.15, 0.2) is 33.8 Å². The van der Waals surface area contributed by atoms with E-state index in [4.69, 9.17) is 9.98 Å². The summed E-state index contributed by atoms with van der Waals surface area (Å²) in [5.41, 5.74) is 4.33. The molecular weight excluding hydrogens is 256 g/mol. The Balaban J connectivity index is 1.60. The Bertz CT molecular complexity index is 580. The Morgan fingerprint density at radius 2 is 1.81 bits per heavy atom. The maximum Gasteiger partial charge on any atom is 0.0792 e. The highest BCUT2D eigenvalue weighted by Gasteiger charge is 2.44. The highest BCUT2D eigenvalue weighted by atomic mass is 15.0. The maximum atomic E-state index is 5.24. The molecule has 0 spiro atoms. The minimum Gasteiger partial charge on any atom is -0.282 e. The topological polar surface area (TPSA) is 24.7 Å². The summed E-state index contributed by atoms with van der Waals surface area (Å²) < 4.78 is 0. The van der Waals surface area contributed by atoms with Gasteiger partial charge in [0.2, 0.25) is 0 Å². The SMILES string of the molecule is C1=C[C@H]2CCCC3=CC4=NC5CCCCC5N=C4[C@@H](C1)[C@H]32. The summed E-state index contributed by atoms with van der Waals surface area (Å²) in [6, 6.07) is 0.991. The van der Waals surface area contributed by atoms with Gasteiger partial charge in [0.1, 0.15) is 0 Å². The predicted molar refractivity (Wildman–Crippen MR) is 87.1 cm³/mol. The van der Waals surface area contributed by atoms with Crippen LogP contribution in [0.4, 0.5) is 0 Å². The monoisotopic (exact) mass is 280 g/mol. The van der Waals surface area contributed by atoms with Gasteiger partial charge in [-0.25, -0.2) is 0 Å². The van der Waals surface area contributed by atoms with Gasteiger partial charge < -0.3 is 0 Å². The van der Waals surface area contributed by atoms with Crippen LogP contribution in [-0.2, 0) is 0 Å². The van der Waals surface area contributed by atoms with Crippen LogP contribution in [-0.4, -0.2) is 23.5 Å². The van der Waals surface area contributed by atoms with E-state index in [9.17, 15) is 0 Å². The largest absolute Gasteiger partial charge is 0.282 e. The van der Waals surface area contributed by atoms with Crippen LogP contribution >= 0.6 is 0 Å². The molecule has 0 bridgehead atoms. The molecule has 0 amide bonds. The Morgan fingerprint density at radius 3 is 2.71 bits per heavy atom. The molecule has 0 saturated heterocycles. The lowest BCUT2D eigenvalue weighted by Crippen LogP contribution is -2.45. The minimum absolute atomic E-state index is 0.490. The van der Waals surface area contributed by atoms with Gasteiger partial charge in [-0.05, 0) is 56.4 Å². The van der Waals surface area contributed by atoms with Gasteiger partial charge in [0, 0.05) is 5.92 Å². The number of hydrogen-bond acceptors (Lipinski definition) is 2. The van der Waals surface area contributed by atoms with Crippen LogP contribution in [0.3, 0.4) is 0 Å². The number of fused-ring (bicyclic) bond motifs is 3. The van der Waals surface area contributed by atoms with Crippen LogP contribution in [0.1, 0.15) is 51.4 Å². The molecule has 5 aliphatic rings. The Morgan fingerprint density at radius 1 is 0.952 bits per heavy atom. The summed E-state index contributed by atoms with van der Waals surface area (Å²) in [7, 11) is 0. The number of allylic oxidation sites excluding steroid dienone is 4. The molecule has 4 aliphatic carbocycles. The summed E-state index contributed by atoms with van der Waals surface area (Å²) in [5.74, 6) is 2.17. The molecule has 0 aromatic carbocycles. The zero-order valence-electron chi connectivity index (χ0n) is 12.7. The number of hydrogen-bond donors (Lipinski definition) is 0. The summed E-state index contributed by atoms with van der Waals surface area (Å²) >= 11 is 0. The highest BCUT2D eigenvalue weighted by molar-refractivity contribution is 6.48. The van der Waals surface area contributed by atoms with E-state index >= 15 is 0 Å². The average molecular weight is 280 g/mol. The van der Waals surface area contributed by atoms with Gasteiger partial charge in [-0.1, -0.05) is 30.6 Å². The molecule has 2 unspecified atom stereocenters. The summed E-state index contributed by atoms with van der Waals surface area (Å²) in [6.45, 7) is 0. The van der Waals surface area contributed by atoms with Gasteiger partial charge in [-0.2, -0.15) is 0 Å². The molecule has 5 atom stereocenters. The first kappa shape index (κ1) is 12.4. The van der Waals surface area contributed by atoms with Crippen molar-refractivity contribution in [2.75, 3.05) is 0 Å². The molecule has 110 valence electrons. The van der Waals surface area contributed by atoms with Gasteiger partial charge in [-0.15, -0.1) is 0 Å². The third-order valence-corrected chi connectivity index (χ3v) is 6.34. The van der Waals surface area contributed by atoms with E-state index in [1.165, 1.54) is 62.8 Å². The fourth-order valence-corrected chi connectivity index (χ4v) is 5.39. The van der Waals surface area contributed by atoms with E-state index in [1.807, 2.05) is 0 Å². The molecule has 0 N–H and O–H groups in total. The first-order valence-electron chi connectivity index (χ1n) is 8.93. The molecule has 1 heterocycles. The van der Waals surface area contributed by atoms with Gasteiger partial charge in [0.05, 0.1) is 23.5 Å². The molecule has 2 heteroatoms. The Labute approximate surface area is 127 Å². The lowest BCUT2D eigenvalue weighted by Gasteiger charge is -2.45. The smallest absolute Gasteiger partial charge is 0.0792 e. The van der Waals surface area contributed by atoms with Crippen molar-refractivity contribution >= 4 is 11.4 Å². The zero-order chi connectivity index (χ0) is 13.8. The van der Waals surface area contributed by atoms with Crippen molar-refractivity contribution in [3.63, 3.8) is 0 Å². The average Bonchev–Trinajstić information content (AvgIpc) is 2.54. The van der Waals surface area contributed by atoms with Gasteiger partial charge in [0.25, 0.3) is 0 Å². The van der Waals surface area contributed by atoms with Crippen molar-refractivity contribution in [3.8, 4) is 0 Å². The van der Waals surface area contributed by atoms with Crippen LogP contribution in [0.5, 0.6) is 0 Å². The van der Waals surface area contributed by atoms with E-state index in [0.717, 1.165) is 11.8 Å². The van der Waals surface area contributed by atoms with E-state index in [2.05, 4.69) is 18.2 Å². The fraction of sp³-hybridized carbons (Fsp3) is 0.684. The molecule has 0 aromatic rings. The summed E-state index contributed by atoms with van der Waals surface area (Å²) in [6.07, 6.45) is 17.8. The van der Waals surface area contributed by atoms with Crippen LogP contribution < -0.4 is 0 Å². The maximum absolute atomic E-state index is 5.24. The quantitative estimate of drug-likeness (QED) is 0.596. The van der Waals surface area contributed by atoms with Crippen molar-refractivity contribution < 1.29 is 0 Å². The fourth-order valence-electron chi connectivity index (χ4n) is 5.39. The molecule has 0 aromatic heterocycles. The first-order chi connectivity index (χ1) is 10.4. The molecular formula is C19H24N2. The lowest BCUT2D eigenvalue weighted by molar-refractivity contribution is 0.288. The van der Waals surface area contributed by atoms with Crippen molar-refractivity contribution in [2.24, 2.45) is 27.7 Å². The second kappa shape index (κ2) is 4.66. The summed E-state index contributed by atoms with van der Waals surface area (Å²) in [5, 5.41) is 0. The predicted octanol–water partition coefficient (Wildman–Crippen LogP) is 4.13. The van der Waals surface area contributed by atoms with Crippen molar-refractivity contribution in [1.82, 2.24) is 0 Å². The van der Waals surface area contributed by atoms with Crippen LogP contribution in [0.2, 0.25) is 0 Å². The number of rotatable bonds is 0. The van der Waals surface area contributed by atoms with E-state index < -0.39 is 0 Å². The Hall–Kier alpha value is -1.18. The minimum atomic E-state index is 0.490. The molecule has 2 saturated carbocycles. The molecule has 2 nitrogen and oxygen atoms in total. The Kier molecular flexibility index (Phi) is 2.74. The van der Waals surface area contributed by atoms with Crippen molar-refractivity contribution in [2.45, 2.75) is 63.5 Å². The second-order valence-electron chi connectivity index (χ2n) is 7.52. The van der Waals surface area contributed by atoms with E-state index in [0.29, 0.717) is 18.0 Å². The van der Waals surface area contributed by atoms with Crippen molar-refractivity contribution in [1.29, 1.82) is 0 Å². The molecule has 21 heavy (non-hydrogen) atoms. The summed E-state index contributed by atoms with van der Waals surface area (Å²) in [4.78, 5) is 10.4. The number of nitrogens with zero attached hydrogens (tertiary/aromatic N) is 2. The third kappa shape index (κ3) is 1.84. The normalized spacial score (nSPS) is 43.8. The zero-order valence-corrected chi connectivity index (χ0v) is 12.7. The molecule has 0 radical (unpaired) electrons. The van der Waals surface area contributed by atoms with Crippen LogP contribution in [0, 0.1) is 17.8 Å². The van der Waals surface area contributed by atoms with Crippen molar-refractivity contribution in [3.05, 3.63) is 23.8 Å². The molecule has 1 aliphatic heterocycles. The first-order valence-corrected chi connectivity index (χ1v) is 8.93. The molecule has 5 rings (SSSR count). The standard InChI is InChI=1S/C19H24N2/c1-2-10-16-15(9-1)20-17-11-13-7-3-5-12-6-4-8-14(18(12)13)19(17)21-16/h4,6,11-12,14-16,18H,1-3,5,7-10H2/t12-,14+,15?,16?,18+/m1/s1. The van der Waals surface area contributed by atoms with E-state index in [1.54, 1.807) is 5.57 Å². The number of aliphatic imine (C=N–C) groups is 2. The third-order valence-electron chi connectivity index (χ3n) is 6.34. The highest BCUT2D eigenvalue weighted by Crippen LogP contribution is 2.47. The van der Waals surface area contributed by atoms with Crippen LogP contribution in [0.25, 0.3) is 0 Å². The van der Waals surface area contributed by atoms with Gasteiger partial charge in [-0.3, -0.25) is 9.98 Å². The van der Waals surface area contributed by atoms with Gasteiger partial charge >= 0.3 is 0 Å². The van der Waals surface area contributed by atoms with E-state index in [-0.39, 0.29) is 0 Å². The second-order valence-corrected chi connectivity index (χ2v) is 7.52. The lowest BCUT2D eigenvalue weighted by atomic mass is 9.61.